The quantitative estimate of drug-likeness (QED) is 0.678. The highest BCUT2D eigenvalue weighted by Crippen LogP contribution is 2.22. The van der Waals surface area contributed by atoms with Gasteiger partial charge in [-0.05, 0) is 29.8 Å². The van der Waals surface area contributed by atoms with Gasteiger partial charge in [-0.2, -0.15) is 5.26 Å². The maximum atomic E-state index is 10.9. The van der Waals surface area contributed by atoms with Gasteiger partial charge in [0.05, 0.1) is 7.11 Å². The normalized spacial score (nSPS) is 10.7. The van der Waals surface area contributed by atoms with E-state index in [0.29, 0.717) is 11.3 Å². The molecule has 0 aliphatic heterocycles. The molecule has 0 saturated heterocycles. The minimum Gasteiger partial charge on any atom is -0.497 e. The number of nitrogens with zero attached hydrogens (tertiary/aromatic N) is 1. The Labute approximate surface area is 101 Å². The second-order valence-electron chi connectivity index (χ2n) is 2.96. The highest BCUT2D eigenvalue weighted by Gasteiger charge is 2.04. The zero-order chi connectivity index (χ0) is 12.1. The fourth-order valence-electron chi connectivity index (χ4n) is 1.11. The second-order valence-corrected chi connectivity index (χ2v) is 3.87. The lowest BCUT2D eigenvalue weighted by Crippen LogP contribution is -2.12. The van der Waals surface area contributed by atoms with Crippen molar-refractivity contribution in [3.05, 3.63) is 33.8 Å². The molecule has 0 aromatic heterocycles. The van der Waals surface area contributed by atoms with E-state index in [1.807, 2.05) is 0 Å². The van der Waals surface area contributed by atoms with Crippen LogP contribution in [0.5, 0.6) is 5.75 Å². The van der Waals surface area contributed by atoms with Gasteiger partial charge in [0, 0.05) is 4.47 Å². The van der Waals surface area contributed by atoms with E-state index in [1.54, 1.807) is 24.3 Å². The number of rotatable bonds is 3. The predicted octanol–water partition coefficient (Wildman–Crippen LogP) is 1.85. The Morgan fingerprint density at radius 1 is 1.56 bits per heavy atom. The third-order valence-electron chi connectivity index (χ3n) is 1.83. The Kier molecular flexibility index (Phi) is 4.09. The van der Waals surface area contributed by atoms with Gasteiger partial charge >= 0.3 is 0 Å². The van der Waals surface area contributed by atoms with E-state index in [4.69, 9.17) is 15.7 Å². The van der Waals surface area contributed by atoms with Crippen molar-refractivity contribution in [3.63, 3.8) is 0 Å². The first-order valence-corrected chi connectivity index (χ1v) is 5.12. The van der Waals surface area contributed by atoms with Crippen LogP contribution in [0.1, 0.15) is 5.56 Å². The third kappa shape index (κ3) is 3.11. The molecule has 0 aliphatic carbocycles. The monoisotopic (exact) mass is 280 g/mol. The highest BCUT2D eigenvalue weighted by molar-refractivity contribution is 9.10. The summed E-state index contributed by atoms with van der Waals surface area (Å²) in [6.45, 7) is 0. The van der Waals surface area contributed by atoms with Crippen LogP contribution in [0.25, 0.3) is 6.08 Å². The van der Waals surface area contributed by atoms with Crippen LogP contribution in [0.3, 0.4) is 0 Å². The number of nitrogens with two attached hydrogens (primary N) is 1. The average Bonchev–Trinajstić information content (AvgIpc) is 2.24. The van der Waals surface area contributed by atoms with E-state index in [-0.39, 0.29) is 5.57 Å². The van der Waals surface area contributed by atoms with Crippen molar-refractivity contribution in [2.45, 2.75) is 0 Å². The van der Waals surface area contributed by atoms with Crippen molar-refractivity contribution >= 4 is 27.9 Å². The van der Waals surface area contributed by atoms with E-state index in [2.05, 4.69) is 15.9 Å². The number of hydrogen-bond donors (Lipinski definition) is 1. The third-order valence-corrected chi connectivity index (χ3v) is 2.28. The lowest BCUT2D eigenvalue weighted by Gasteiger charge is -2.02. The van der Waals surface area contributed by atoms with Crippen LogP contribution in [-0.2, 0) is 4.79 Å². The van der Waals surface area contributed by atoms with Crippen LogP contribution < -0.4 is 10.5 Å². The summed E-state index contributed by atoms with van der Waals surface area (Å²) in [5.74, 6) is -0.121. The average molecular weight is 281 g/mol. The Bertz CT molecular complexity index is 489. The molecule has 0 heterocycles. The van der Waals surface area contributed by atoms with Crippen LogP contribution in [0, 0.1) is 11.3 Å². The highest BCUT2D eigenvalue weighted by atomic mass is 79.9. The molecule has 5 heteroatoms. The Balaban J connectivity index is 3.19. The Hall–Kier alpha value is -1.80. The molecular weight excluding hydrogens is 272 g/mol. The summed E-state index contributed by atoms with van der Waals surface area (Å²) in [6.07, 6.45) is 1.41. The zero-order valence-corrected chi connectivity index (χ0v) is 10.1. The molecule has 1 aromatic carbocycles. The summed E-state index contributed by atoms with van der Waals surface area (Å²) in [5.41, 5.74) is 5.60. The van der Waals surface area contributed by atoms with Gasteiger partial charge in [-0.1, -0.05) is 15.9 Å². The number of carbonyl (C=O) groups is 1. The number of methoxy groups -OCH3 is 1. The van der Waals surface area contributed by atoms with Gasteiger partial charge in [-0.25, -0.2) is 0 Å². The van der Waals surface area contributed by atoms with Crippen molar-refractivity contribution in [3.8, 4) is 11.8 Å². The Morgan fingerprint density at radius 2 is 2.25 bits per heavy atom. The molecule has 0 atom stereocenters. The van der Waals surface area contributed by atoms with Crippen LogP contribution in [-0.4, -0.2) is 13.0 Å². The van der Waals surface area contributed by atoms with Gasteiger partial charge < -0.3 is 10.5 Å². The van der Waals surface area contributed by atoms with Gasteiger partial charge in [0.15, 0.2) is 0 Å². The predicted molar refractivity (Wildman–Crippen MR) is 63.5 cm³/mol. The van der Waals surface area contributed by atoms with Gasteiger partial charge in [-0.3, -0.25) is 4.79 Å². The molecule has 0 spiro atoms. The minimum atomic E-state index is -0.749. The van der Waals surface area contributed by atoms with Crippen molar-refractivity contribution < 1.29 is 9.53 Å². The number of halogens is 1. The number of primary amides is 1. The largest absolute Gasteiger partial charge is 0.497 e. The summed E-state index contributed by atoms with van der Waals surface area (Å²) < 4.78 is 5.84. The number of hydrogen-bond acceptors (Lipinski definition) is 3. The van der Waals surface area contributed by atoms with E-state index in [9.17, 15) is 4.79 Å². The number of nitriles is 1. The molecule has 1 amide bonds. The molecule has 0 bridgehead atoms. The maximum absolute atomic E-state index is 10.9. The zero-order valence-electron chi connectivity index (χ0n) is 8.53. The summed E-state index contributed by atoms with van der Waals surface area (Å²) >= 11 is 3.29. The van der Waals surface area contributed by atoms with Crippen molar-refractivity contribution in [2.75, 3.05) is 7.11 Å². The smallest absolute Gasteiger partial charge is 0.259 e. The molecule has 0 fully saturated rings. The van der Waals surface area contributed by atoms with Gasteiger partial charge in [0.25, 0.3) is 5.91 Å². The van der Waals surface area contributed by atoms with Gasteiger partial charge in [-0.15, -0.1) is 0 Å². The number of amides is 1. The van der Waals surface area contributed by atoms with Crippen molar-refractivity contribution in [2.24, 2.45) is 5.73 Å². The molecule has 4 nitrogen and oxygen atoms in total. The van der Waals surface area contributed by atoms with Crippen molar-refractivity contribution in [1.82, 2.24) is 0 Å². The lowest BCUT2D eigenvalue weighted by molar-refractivity contribution is -0.114. The molecule has 82 valence electrons. The fraction of sp³-hybridized carbons (Fsp3) is 0.0909. The Morgan fingerprint density at radius 3 is 2.75 bits per heavy atom. The van der Waals surface area contributed by atoms with Crippen LogP contribution >= 0.6 is 15.9 Å². The SMILES string of the molecule is COc1cc(Br)cc(/C=C(\C#N)C(N)=O)c1. The van der Waals surface area contributed by atoms with E-state index < -0.39 is 5.91 Å². The molecule has 1 aromatic rings. The lowest BCUT2D eigenvalue weighted by atomic mass is 10.1. The first-order chi connectivity index (χ1) is 7.56. The molecule has 16 heavy (non-hydrogen) atoms. The minimum absolute atomic E-state index is 0.0971. The number of carbonyl (C=O) groups excluding carboxylic acids is 1. The number of ether oxygens (including phenoxy) is 1. The number of benzene rings is 1. The van der Waals surface area contributed by atoms with Gasteiger partial charge in [0.2, 0.25) is 0 Å². The molecule has 0 radical (unpaired) electrons. The van der Waals surface area contributed by atoms with E-state index >= 15 is 0 Å². The maximum Gasteiger partial charge on any atom is 0.259 e. The van der Waals surface area contributed by atoms with E-state index in [0.717, 1.165) is 4.47 Å². The molecule has 1 rings (SSSR count). The first-order valence-electron chi connectivity index (χ1n) is 4.33. The summed E-state index contributed by atoms with van der Waals surface area (Å²) in [6, 6.07) is 6.96. The molecule has 0 aliphatic rings. The van der Waals surface area contributed by atoms with Gasteiger partial charge in [0.1, 0.15) is 17.4 Å². The van der Waals surface area contributed by atoms with Crippen LogP contribution in [0.2, 0.25) is 0 Å². The first kappa shape index (κ1) is 12.3. The standard InChI is InChI=1S/C11H9BrN2O2/c1-16-10-4-7(3-9(12)5-10)2-8(6-13)11(14)15/h2-5H,1H3,(H2,14,15)/b8-2+. The van der Waals surface area contributed by atoms with Crippen molar-refractivity contribution in [1.29, 1.82) is 5.26 Å². The van der Waals surface area contributed by atoms with Crippen LogP contribution in [0.4, 0.5) is 0 Å². The van der Waals surface area contributed by atoms with Crippen LogP contribution in [0.15, 0.2) is 28.2 Å². The summed E-state index contributed by atoms with van der Waals surface area (Å²) in [5, 5.41) is 8.69. The molecular formula is C11H9BrN2O2. The molecule has 2 N–H and O–H groups in total. The molecule has 0 unspecified atom stereocenters. The summed E-state index contributed by atoms with van der Waals surface area (Å²) in [7, 11) is 1.54. The molecule has 0 saturated carbocycles. The topological polar surface area (TPSA) is 76.1 Å². The fourth-order valence-corrected chi connectivity index (χ4v) is 1.60. The second kappa shape index (κ2) is 5.33. The summed E-state index contributed by atoms with van der Waals surface area (Å²) in [4.78, 5) is 10.9. The van der Waals surface area contributed by atoms with E-state index in [1.165, 1.54) is 13.2 Å².